The minimum Gasteiger partial charge on any atom is -0.493 e. The Bertz CT molecular complexity index is 1930. The highest BCUT2D eigenvalue weighted by atomic mass is 35.5. The van der Waals surface area contributed by atoms with Crippen LogP contribution in [0.4, 0.5) is 0 Å². The molecule has 0 aliphatic carbocycles. The van der Waals surface area contributed by atoms with Gasteiger partial charge in [0.25, 0.3) is 0 Å². The molecule has 0 amide bonds. The number of aliphatic hydroxyl groups is 2. The second kappa shape index (κ2) is 18.4. The average Bonchev–Trinajstić information content (AvgIpc) is 3.57. The van der Waals surface area contributed by atoms with Gasteiger partial charge in [0.1, 0.15) is 42.6 Å². The number of benzene rings is 3. The summed E-state index contributed by atoms with van der Waals surface area (Å²) in [5, 5.41) is 38.9. The molecule has 0 bridgehead atoms. The molecule has 1 unspecified atom stereocenters. The molecule has 0 saturated carbocycles. The molecule has 5 rings (SSSR count). The largest absolute Gasteiger partial charge is 0.493 e. The summed E-state index contributed by atoms with van der Waals surface area (Å²) in [6.07, 6.45) is 4.57. The number of hydrogen-bond acceptors (Lipinski definition) is 10. The van der Waals surface area contributed by atoms with Crippen molar-refractivity contribution < 1.29 is 34.3 Å². The molecule has 0 radical (unpaired) electrons. The molecule has 280 valence electrons. The number of halogens is 1. The van der Waals surface area contributed by atoms with Crippen molar-refractivity contribution in [2.24, 2.45) is 0 Å². The second-order valence-corrected chi connectivity index (χ2v) is 13.8. The number of carboxylic acids is 1. The van der Waals surface area contributed by atoms with Gasteiger partial charge in [-0.25, -0.2) is 0 Å². The quantitative estimate of drug-likeness (QED) is 0.104. The maximum atomic E-state index is 11.9. The van der Waals surface area contributed by atoms with Crippen molar-refractivity contribution in [1.82, 2.24) is 14.8 Å². The monoisotopic (exact) mass is 742 g/mol. The molecular formula is C41H47ClN4O7. The second-order valence-electron chi connectivity index (χ2n) is 13.4. The summed E-state index contributed by atoms with van der Waals surface area (Å²) >= 11 is 6.81. The number of aromatic nitrogens is 1. The predicted molar refractivity (Wildman–Crippen MR) is 202 cm³/mol. The van der Waals surface area contributed by atoms with Crippen LogP contribution in [0.5, 0.6) is 17.2 Å². The van der Waals surface area contributed by atoms with Crippen molar-refractivity contribution >= 4 is 17.6 Å². The number of carboxylic acid groups (broad SMARTS) is 1. The van der Waals surface area contributed by atoms with Gasteiger partial charge in [0.15, 0.2) is 0 Å². The van der Waals surface area contributed by atoms with Crippen LogP contribution in [0.3, 0.4) is 0 Å². The van der Waals surface area contributed by atoms with Gasteiger partial charge in [-0.1, -0.05) is 41.9 Å². The normalized spacial score (nSPS) is 15.6. The number of aliphatic carboxylic acids is 1. The Balaban J connectivity index is 1.35. The van der Waals surface area contributed by atoms with Gasteiger partial charge in [0.05, 0.1) is 29.9 Å². The van der Waals surface area contributed by atoms with Crippen molar-refractivity contribution in [3.63, 3.8) is 0 Å². The number of likely N-dealkylation sites (tertiary alicyclic amines) is 1. The molecule has 3 aromatic carbocycles. The van der Waals surface area contributed by atoms with Crippen molar-refractivity contribution in [2.75, 3.05) is 39.9 Å². The molecule has 11 nitrogen and oxygen atoms in total. The summed E-state index contributed by atoms with van der Waals surface area (Å²) in [5.74, 6) is 0.468. The standard InChI is InChI=1S/C41H47ClN4O7/c1-26-31(8-5-9-33(26)34-10-6-11-38(27(34)2)51-15-7-13-46-14-12-32(48)22-46)25-53-40-18-39(52-24-30-16-29(19-43)20-44-21-30)35(17-36(40)42)28(3)45(4)37(23-47)41(49)50/h5-6,8-11,16-18,20-21,28,32,37,47-48H,7,12-15,22-25H2,1-4H3,(H,49,50)/t28?,32-,37+/m1/s1. The van der Waals surface area contributed by atoms with E-state index in [9.17, 15) is 25.4 Å². The molecule has 1 aromatic heterocycles. The number of nitrogens with zero attached hydrogens (tertiary/aromatic N) is 4. The molecule has 12 heteroatoms. The van der Waals surface area contributed by atoms with E-state index >= 15 is 0 Å². The van der Waals surface area contributed by atoms with Gasteiger partial charge >= 0.3 is 5.97 Å². The lowest BCUT2D eigenvalue weighted by atomic mass is 9.93. The molecule has 1 aliphatic rings. The average molecular weight is 743 g/mol. The smallest absolute Gasteiger partial charge is 0.323 e. The third kappa shape index (κ3) is 9.84. The van der Waals surface area contributed by atoms with Crippen LogP contribution in [-0.2, 0) is 18.0 Å². The number of ether oxygens (including phenoxy) is 3. The Kier molecular flexibility index (Phi) is 13.7. The SMILES string of the molecule is Cc1c(COc2cc(OCc3cncc(C#N)c3)c(C(C)N(C)[C@@H](CO)C(=O)O)cc2Cl)cccc1-c1cccc(OCCCN2CC[C@@H](O)C2)c1C. The zero-order valence-electron chi connectivity index (χ0n) is 30.6. The van der Waals surface area contributed by atoms with Crippen molar-refractivity contribution in [2.45, 2.75) is 65.0 Å². The van der Waals surface area contributed by atoms with Gasteiger partial charge in [0.2, 0.25) is 0 Å². The van der Waals surface area contributed by atoms with Crippen LogP contribution in [0.15, 0.2) is 67.0 Å². The van der Waals surface area contributed by atoms with E-state index in [1.807, 2.05) is 24.3 Å². The zero-order chi connectivity index (χ0) is 38.1. The summed E-state index contributed by atoms with van der Waals surface area (Å²) in [6.45, 7) is 8.81. The first-order valence-electron chi connectivity index (χ1n) is 17.7. The first-order valence-corrected chi connectivity index (χ1v) is 18.1. The highest BCUT2D eigenvalue weighted by Gasteiger charge is 2.29. The summed E-state index contributed by atoms with van der Waals surface area (Å²) in [4.78, 5) is 19.8. The van der Waals surface area contributed by atoms with Gasteiger partial charge < -0.3 is 34.4 Å². The number of β-amino-alcohol motifs (C(OH)–C–C–N with tert-alkyl or cyclic N) is 1. The topological polar surface area (TPSA) is 149 Å². The lowest BCUT2D eigenvalue weighted by Crippen LogP contribution is -2.42. The van der Waals surface area contributed by atoms with Crippen LogP contribution in [0.25, 0.3) is 11.1 Å². The Hall–Kier alpha value is -4.70. The molecule has 53 heavy (non-hydrogen) atoms. The molecule has 1 fully saturated rings. The fourth-order valence-electron chi connectivity index (χ4n) is 6.61. The predicted octanol–water partition coefficient (Wildman–Crippen LogP) is 6.32. The minimum atomic E-state index is -1.16. The molecule has 4 aromatic rings. The van der Waals surface area contributed by atoms with Crippen LogP contribution >= 0.6 is 11.6 Å². The number of aliphatic hydroxyl groups excluding tert-OH is 2. The van der Waals surface area contributed by atoms with Gasteiger partial charge in [0, 0.05) is 55.3 Å². The Morgan fingerprint density at radius 3 is 2.47 bits per heavy atom. The number of pyridine rings is 1. The number of hydrogen-bond donors (Lipinski definition) is 3. The van der Waals surface area contributed by atoms with E-state index in [1.54, 1.807) is 38.4 Å². The molecule has 3 atom stereocenters. The van der Waals surface area contributed by atoms with Crippen LogP contribution < -0.4 is 14.2 Å². The van der Waals surface area contributed by atoms with E-state index in [2.05, 4.69) is 41.9 Å². The fourth-order valence-corrected chi connectivity index (χ4v) is 6.83. The number of nitriles is 1. The van der Waals surface area contributed by atoms with Crippen LogP contribution in [0, 0.1) is 25.2 Å². The third-order valence-corrected chi connectivity index (χ3v) is 10.2. The molecule has 2 heterocycles. The Morgan fingerprint density at radius 1 is 1.04 bits per heavy atom. The van der Waals surface area contributed by atoms with E-state index in [0.717, 1.165) is 66.0 Å². The van der Waals surface area contributed by atoms with E-state index in [-0.39, 0.29) is 19.3 Å². The van der Waals surface area contributed by atoms with Crippen LogP contribution in [-0.4, -0.2) is 88.1 Å². The van der Waals surface area contributed by atoms with Crippen molar-refractivity contribution in [3.8, 4) is 34.4 Å². The van der Waals surface area contributed by atoms with Crippen LogP contribution in [0.1, 0.15) is 59.2 Å². The minimum absolute atomic E-state index is 0.0846. The highest BCUT2D eigenvalue weighted by molar-refractivity contribution is 6.32. The summed E-state index contributed by atoms with van der Waals surface area (Å²) in [5.41, 5.74) is 6.86. The van der Waals surface area contributed by atoms with Crippen molar-refractivity contribution in [1.29, 1.82) is 5.26 Å². The Morgan fingerprint density at radius 2 is 1.77 bits per heavy atom. The summed E-state index contributed by atoms with van der Waals surface area (Å²) < 4.78 is 18.8. The maximum Gasteiger partial charge on any atom is 0.323 e. The summed E-state index contributed by atoms with van der Waals surface area (Å²) in [6, 6.07) is 17.7. The van der Waals surface area contributed by atoms with E-state index in [4.69, 9.17) is 25.8 Å². The lowest BCUT2D eigenvalue weighted by molar-refractivity contribution is -0.145. The van der Waals surface area contributed by atoms with E-state index in [0.29, 0.717) is 39.8 Å². The molecule has 1 saturated heterocycles. The number of carbonyl (C=O) groups is 1. The number of likely N-dealkylation sites (N-methyl/N-ethyl adjacent to an activating group) is 1. The molecule has 1 aliphatic heterocycles. The number of rotatable bonds is 17. The molecule has 0 spiro atoms. The Labute approximate surface area is 315 Å². The van der Waals surface area contributed by atoms with Crippen molar-refractivity contribution in [3.05, 3.63) is 105 Å². The zero-order valence-corrected chi connectivity index (χ0v) is 31.3. The van der Waals surface area contributed by atoms with Gasteiger partial charge in [-0.15, -0.1) is 0 Å². The van der Waals surface area contributed by atoms with E-state index < -0.39 is 24.7 Å². The van der Waals surface area contributed by atoms with Crippen LogP contribution in [0.2, 0.25) is 5.02 Å². The van der Waals surface area contributed by atoms with Gasteiger partial charge in [-0.2, -0.15) is 5.26 Å². The maximum absolute atomic E-state index is 11.9. The first-order chi connectivity index (χ1) is 25.5. The van der Waals surface area contributed by atoms with Gasteiger partial charge in [-0.3, -0.25) is 14.7 Å². The molecule has 3 N–H and O–H groups in total. The lowest BCUT2D eigenvalue weighted by Gasteiger charge is -2.31. The summed E-state index contributed by atoms with van der Waals surface area (Å²) in [7, 11) is 1.61. The molecular weight excluding hydrogens is 696 g/mol. The third-order valence-electron chi connectivity index (χ3n) is 9.92. The van der Waals surface area contributed by atoms with E-state index in [1.165, 1.54) is 11.1 Å². The van der Waals surface area contributed by atoms with Gasteiger partial charge in [-0.05, 0) is 86.7 Å². The first kappa shape index (κ1) is 39.5. The fraction of sp³-hybridized carbons (Fsp3) is 0.390. The highest BCUT2D eigenvalue weighted by Crippen LogP contribution is 2.39.